The third-order valence-electron chi connectivity index (χ3n) is 2.24. The van der Waals surface area contributed by atoms with Gasteiger partial charge in [0, 0.05) is 18.9 Å². The first kappa shape index (κ1) is 8.94. The Hall–Kier alpha value is -1.64. The van der Waals surface area contributed by atoms with E-state index in [9.17, 15) is 0 Å². The average Bonchev–Trinajstić information content (AvgIpc) is 2.72. The van der Waals surface area contributed by atoms with Crippen LogP contribution in [0.15, 0.2) is 36.7 Å². The Kier molecular flexibility index (Phi) is 2.58. The predicted octanol–water partition coefficient (Wildman–Crippen LogP) is 1.53. The first-order valence-corrected chi connectivity index (χ1v) is 4.65. The Morgan fingerprint density at radius 3 is 2.71 bits per heavy atom. The average molecular weight is 190 g/mol. The highest BCUT2D eigenvalue weighted by molar-refractivity contribution is 5.27. The fourth-order valence-corrected chi connectivity index (χ4v) is 1.45. The van der Waals surface area contributed by atoms with Gasteiger partial charge in [0.1, 0.15) is 5.75 Å². The van der Waals surface area contributed by atoms with Crippen LogP contribution in [0.1, 0.15) is 5.56 Å². The molecule has 0 aromatic heterocycles. The summed E-state index contributed by atoms with van der Waals surface area (Å²) in [4.78, 5) is 2.21. The van der Waals surface area contributed by atoms with Crippen molar-refractivity contribution in [3.63, 3.8) is 0 Å². The summed E-state index contributed by atoms with van der Waals surface area (Å²) in [6, 6.07) is 8.15. The molecule has 0 bridgehead atoms. The predicted molar refractivity (Wildman–Crippen MR) is 55.7 cm³/mol. The topological polar surface area (TPSA) is 24.5 Å². The molecular weight excluding hydrogens is 176 g/mol. The van der Waals surface area contributed by atoms with E-state index in [1.54, 1.807) is 7.11 Å². The van der Waals surface area contributed by atoms with Crippen molar-refractivity contribution >= 4 is 0 Å². The van der Waals surface area contributed by atoms with E-state index in [2.05, 4.69) is 28.5 Å². The standard InChI is InChI=1S/C11H14N2O/c1-14-11-4-2-10(3-5-11)8-13-7-6-12-9-13/h2-7,12H,8-9H2,1H3. The number of hydrogen-bond acceptors (Lipinski definition) is 3. The number of nitrogens with zero attached hydrogens (tertiary/aromatic N) is 1. The summed E-state index contributed by atoms with van der Waals surface area (Å²) in [5.74, 6) is 0.906. The number of hydrogen-bond donors (Lipinski definition) is 1. The molecule has 74 valence electrons. The summed E-state index contributed by atoms with van der Waals surface area (Å²) < 4.78 is 5.10. The van der Waals surface area contributed by atoms with Crippen molar-refractivity contribution in [3.05, 3.63) is 42.2 Å². The van der Waals surface area contributed by atoms with Gasteiger partial charge in [-0.25, -0.2) is 0 Å². The van der Waals surface area contributed by atoms with Crippen molar-refractivity contribution in [1.29, 1.82) is 0 Å². The lowest BCUT2D eigenvalue weighted by Gasteiger charge is -2.14. The van der Waals surface area contributed by atoms with Gasteiger partial charge >= 0.3 is 0 Å². The van der Waals surface area contributed by atoms with Crippen LogP contribution in [-0.4, -0.2) is 18.7 Å². The molecule has 1 aromatic carbocycles. The van der Waals surface area contributed by atoms with Gasteiger partial charge in [-0.1, -0.05) is 12.1 Å². The van der Waals surface area contributed by atoms with Crippen LogP contribution in [0.5, 0.6) is 5.75 Å². The van der Waals surface area contributed by atoms with Crippen molar-refractivity contribution in [1.82, 2.24) is 10.2 Å². The second kappa shape index (κ2) is 4.05. The lowest BCUT2D eigenvalue weighted by atomic mass is 10.2. The minimum Gasteiger partial charge on any atom is -0.497 e. The van der Waals surface area contributed by atoms with Crippen LogP contribution in [0.3, 0.4) is 0 Å². The Morgan fingerprint density at radius 2 is 2.14 bits per heavy atom. The molecule has 3 nitrogen and oxygen atoms in total. The minimum atomic E-state index is 0.895. The van der Waals surface area contributed by atoms with Gasteiger partial charge in [0.2, 0.25) is 0 Å². The monoisotopic (exact) mass is 190 g/mol. The molecule has 0 amide bonds. The molecule has 1 aliphatic heterocycles. The van der Waals surface area contributed by atoms with Crippen molar-refractivity contribution < 1.29 is 4.74 Å². The number of ether oxygens (including phenoxy) is 1. The van der Waals surface area contributed by atoms with E-state index in [1.807, 2.05) is 18.3 Å². The van der Waals surface area contributed by atoms with Gasteiger partial charge < -0.3 is 15.0 Å². The van der Waals surface area contributed by atoms with E-state index in [4.69, 9.17) is 4.74 Å². The summed E-state index contributed by atoms with van der Waals surface area (Å²) in [6.45, 7) is 1.83. The van der Waals surface area contributed by atoms with Gasteiger partial charge in [-0.05, 0) is 17.7 Å². The summed E-state index contributed by atoms with van der Waals surface area (Å²) in [7, 11) is 1.68. The molecule has 0 radical (unpaired) electrons. The van der Waals surface area contributed by atoms with E-state index in [-0.39, 0.29) is 0 Å². The maximum absolute atomic E-state index is 5.10. The molecule has 0 atom stereocenters. The zero-order valence-electron chi connectivity index (χ0n) is 8.23. The molecule has 0 spiro atoms. The lowest BCUT2D eigenvalue weighted by Crippen LogP contribution is -2.19. The highest BCUT2D eigenvalue weighted by Gasteiger charge is 2.03. The minimum absolute atomic E-state index is 0.895. The van der Waals surface area contributed by atoms with Gasteiger partial charge in [-0.15, -0.1) is 0 Å². The number of methoxy groups -OCH3 is 1. The van der Waals surface area contributed by atoms with E-state index in [0.29, 0.717) is 0 Å². The molecule has 0 saturated carbocycles. The van der Waals surface area contributed by atoms with Crippen LogP contribution in [0, 0.1) is 0 Å². The Labute approximate surface area is 84.0 Å². The van der Waals surface area contributed by atoms with Gasteiger partial charge in [0.15, 0.2) is 0 Å². The normalized spacial score (nSPS) is 14.2. The summed E-state index contributed by atoms with van der Waals surface area (Å²) in [5, 5.41) is 3.14. The maximum Gasteiger partial charge on any atom is 0.118 e. The van der Waals surface area contributed by atoms with E-state index in [1.165, 1.54) is 5.56 Å². The second-order valence-corrected chi connectivity index (χ2v) is 3.27. The first-order valence-electron chi connectivity index (χ1n) is 4.65. The van der Waals surface area contributed by atoms with Crippen molar-refractivity contribution in [2.75, 3.05) is 13.8 Å². The van der Waals surface area contributed by atoms with Gasteiger partial charge in [0.05, 0.1) is 13.8 Å². The zero-order chi connectivity index (χ0) is 9.80. The van der Waals surface area contributed by atoms with Crippen LogP contribution in [0.2, 0.25) is 0 Å². The Balaban J connectivity index is 1.99. The van der Waals surface area contributed by atoms with Gasteiger partial charge in [0.25, 0.3) is 0 Å². The summed E-state index contributed by atoms with van der Waals surface area (Å²) in [5.41, 5.74) is 1.29. The van der Waals surface area contributed by atoms with Crippen molar-refractivity contribution in [2.45, 2.75) is 6.54 Å². The van der Waals surface area contributed by atoms with Crippen LogP contribution in [-0.2, 0) is 6.54 Å². The smallest absolute Gasteiger partial charge is 0.118 e. The van der Waals surface area contributed by atoms with Crippen LogP contribution in [0.4, 0.5) is 0 Å². The molecule has 1 N–H and O–H groups in total. The summed E-state index contributed by atoms with van der Waals surface area (Å²) >= 11 is 0. The van der Waals surface area contributed by atoms with Gasteiger partial charge in [-0.2, -0.15) is 0 Å². The van der Waals surface area contributed by atoms with Crippen molar-refractivity contribution in [2.24, 2.45) is 0 Å². The quantitative estimate of drug-likeness (QED) is 0.782. The van der Waals surface area contributed by atoms with Gasteiger partial charge in [-0.3, -0.25) is 0 Å². The number of nitrogens with one attached hydrogen (secondary N) is 1. The fourth-order valence-electron chi connectivity index (χ4n) is 1.45. The fraction of sp³-hybridized carbons (Fsp3) is 0.273. The Bertz CT molecular complexity index is 319. The third kappa shape index (κ3) is 1.99. The lowest BCUT2D eigenvalue weighted by molar-refractivity contribution is 0.384. The highest BCUT2D eigenvalue weighted by Crippen LogP contribution is 2.13. The molecule has 1 aromatic rings. The molecule has 1 heterocycles. The largest absolute Gasteiger partial charge is 0.497 e. The third-order valence-corrected chi connectivity index (χ3v) is 2.24. The molecule has 0 aliphatic carbocycles. The molecule has 1 aliphatic rings. The Morgan fingerprint density at radius 1 is 1.36 bits per heavy atom. The highest BCUT2D eigenvalue weighted by atomic mass is 16.5. The maximum atomic E-state index is 5.10. The molecule has 0 fully saturated rings. The van der Waals surface area contributed by atoms with E-state index in [0.717, 1.165) is 19.0 Å². The van der Waals surface area contributed by atoms with Crippen LogP contribution >= 0.6 is 0 Å². The SMILES string of the molecule is COc1ccc(CN2C=CNC2)cc1. The van der Waals surface area contributed by atoms with E-state index < -0.39 is 0 Å². The molecular formula is C11H14N2O. The molecule has 14 heavy (non-hydrogen) atoms. The molecule has 2 rings (SSSR count). The van der Waals surface area contributed by atoms with Crippen LogP contribution < -0.4 is 10.1 Å². The van der Waals surface area contributed by atoms with Crippen LogP contribution in [0.25, 0.3) is 0 Å². The zero-order valence-corrected chi connectivity index (χ0v) is 8.23. The van der Waals surface area contributed by atoms with Crippen molar-refractivity contribution in [3.8, 4) is 5.75 Å². The molecule has 0 unspecified atom stereocenters. The first-order chi connectivity index (χ1) is 6.88. The molecule has 3 heteroatoms. The number of rotatable bonds is 3. The number of benzene rings is 1. The summed E-state index contributed by atoms with van der Waals surface area (Å²) in [6.07, 6.45) is 4.02. The second-order valence-electron chi connectivity index (χ2n) is 3.27. The molecule has 0 saturated heterocycles. The van der Waals surface area contributed by atoms with E-state index >= 15 is 0 Å².